The number of aromatic nitrogens is 4. The van der Waals surface area contributed by atoms with Gasteiger partial charge in [0.1, 0.15) is 18.3 Å². The average molecular weight is 537 g/mol. The minimum Gasteiger partial charge on any atom is -0.387 e. The quantitative estimate of drug-likeness (QED) is 0.170. The topological polar surface area (TPSA) is 299 Å². The van der Waals surface area contributed by atoms with Gasteiger partial charge < -0.3 is 40.3 Å². The number of nitrogen functional groups attached to an aromatic ring is 1. The van der Waals surface area contributed by atoms with Gasteiger partial charge >= 0.3 is 23.5 Å². The lowest BCUT2D eigenvalue weighted by molar-refractivity contribution is -0.0755. The molecule has 1 fully saturated rings. The molecule has 186 valence electrons. The molecule has 0 radical (unpaired) electrons. The molecule has 0 saturated carbocycles. The van der Waals surface area contributed by atoms with E-state index in [-0.39, 0.29) is 17.1 Å². The second-order valence-corrected chi connectivity index (χ2v) is 11.0. The largest absolute Gasteiger partial charge is 0.490 e. The van der Waals surface area contributed by atoms with Gasteiger partial charge in [-0.3, -0.25) is 18.9 Å². The molecule has 2 aromatic rings. The SMILES string of the molecule is C[C@H](OP(=O)(O)OP(=O)(O)OP(=O)(O)O)[C@H]1O[C@@H](n2cnc3c(=O)[nH]c(N)nc32)C(O)[C@H]1O. The summed E-state index contributed by atoms with van der Waals surface area (Å²) >= 11 is 0. The number of imidazole rings is 1. The first-order valence-electron chi connectivity index (χ1n) is 8.56. The third-order valence-corrected chi connectivity index (χ3v) is 8.10. The van der Waals surface area contributed by atoms with Gasteiger partial charge in [0, 0.05) is 0 Å². The number of rotatable bonds is 8. The Labute approximate surface area is 182 Å². The third-order valence-electron chi connectivity index (χ3n) is 4.18. The van der Waals surface area contributed by atoms with Gasteiger partial charge in [-0.25, -0.2) is 18.7 Å². The summed E-state index contributed by atoms with van der Waals surface area (Å²) < 4.78 is 52.4. The standard InChI is InChI=1S/C11H18N5O14P3/c1-3(28-32(23,24)30-33(25,26)29-31(20,21)22)7-5(17)6(18)10(27-7)16-2-13-4-8(16)14-11(12)15-9(4)19/h2-3,5-7,10,17-18H,1H3,(H,23,24)(H,25,26)(H2,20,21,22)(H3,12,14,15,19)/t3-,5+,6?,7+,10+/m0/s1. The van der Waals surface area contributed by atoms with E-state index >= 15 is 0 Å². The van der Waals surface area contributed by atoms with Gasteiger partial charge in [0.25, 0.3) is 5.56 Å². The van der Waals surface area contributed by atoms with Crippen molar-refractivity contribution in [1.29, 1.82) is 0 Å². The van der Waals surface area contributed by atoms with Gasteiger partial charge in [-0.05, 0) is 6.92 Å². The average Bonchev–Trinajstić information content (AvgIpc) is 3.13. The van der Waals surface area contributed by atoms with E-state index in [0.717, 1.165) is 17.8 Å². The molecule has 7 atom stereocenters. The lowest BCUT2D eigenvalue weighted by Gasteiger charge is -2.24. The number of aliphatic hydroxyl groups is 2. The Balaban J connectivity index is 1.78. The number of nitrogens with one attached hydrogen (secondary N) is 1. The first kappa shape index (κ1) is 26.1. The predicted octanol–water partition coefficient (Wildman–Crippen LogP) is -1.95. The number of phosphoric ester groups is 1. The highest BCUT2D eigenvalue weighted by molar-refractivity contribution is 7.66. The summed E-state index contributed by atoms with van der Waals surface area (Å²) in [5, 5.41) is 20.7. The zero-order chi connectivity index (χ0) is 24.9. The summed E-state index contributed by atoms with van der Waals surface area (Å²) in [6.07, 6.45) is -7.04. The maximum absolute atomic E-state index is 12.0. The predicted molar refractivity (Wildman–Crippen MR) is 103 cm³/mol. The van der Waals surface area contributed by atoms with Crippen molar-refractivity contribution >= 4 is 40.6 Å². The van der Waals surface area contributed by atoms with E-state index in [2.05, 4.69) is 28.1 Å². The van der Waals surface area contributed by atoms with Crippen LogP contribution in [0.2, 0.25) is 0 Å². The number of fused-ring (bicyclic) bond motifs is 1. The summed E-state index contributed by atoms with van der Waals surface area (Å²) in [5.74, 6) is -0.278. The highest BCUT2D eigenvalue weighted by Gasteiger charge is 2.49. The van der Waals surface area contributed by atoms with Gasteiger partial charge in [0.15, 0.2) is 17.4 Å². The molecule has 0 bridgehead atoms. The number of phosphoric acid groups is 3. The van der Waals surface area contributed by atoms with Crippen LogP contribution in [0, 0.1) is 0 Å². The minimum absolute atomic E-state index is 0.117. The zero-order valence-electron chi connectivity index (χ0n) is 16.2. The number of ether oxygens (including phenoxy) is 1. The van der Waals surface area contributed by atoms with Crippen LogP contribution in [0.1, 0.15) is 13.2 Å². The monoisotopic (exact) mass is 537 g/mol. The van der Waals surface area contributed by atoms with Crippen LogP contribution in [-0.2, 0) is 31.6 Å². The second-order valence-electron chi connectivity index (χ2n) is 6.65. The number of nitrogens with two attached hydrogens (primary N) is 1. The third kappa shape index (κ3) is 5.93. The Morgan fingerprint density at radius 1 is 1.15 bits per heavy atom. The van der Waals surface area contributed by atoms with Crippen molar-refractivity contribution in [2.45, 2.75) is 37.6 Å². The van der Waals surface area contributed by atoms with E-state index in [4.69, 9.17) is 20.3 Å². The van der Waals surface area contributed by atoms with Gasteiger partial charge in [0.2, 0.25) is 5.95 Å². The van der Waals surface area contributed by atoms with E-state index in [0.29, 0.717) is 0 Å². The molecule has 19 nitrogen and oxygen atoms in total. The van der Waals surface area contributed by atoms with Crippen LogP contribution in [0.25, 0.3) is 11.2 Å². The summed E-state index contributed by atoms with van der Waals surface area (Å²) in [5.41, 5.74) is 4.51. The number of aliphatic hydroxyl groups excluding tert-OH is 2. The number of anilines is 1. The maximum atomic E-state index is 12.0. The van der Waals surface area contributed by atoms with Gasteiger partial charge in [0.05, 0.1) is 12.4 Å². The Morgan fingerprint density at radius 2 is 1.79 bits per heavy atom. The van der Waals surface area contributed by atoms with Crippen LogP contribution in [0.15, 0.2) is 11.1 Å². The van der Waals surface area contributed by atoms with Crippen LogP contribution in [0.3, 0.4) is 0 Å². The molecule has 3 heterocycles. The molecule has 0 aliphatic carbocycles. The lowest BCUT2D eigenvalue weighted by atomic mass is 10.1. The fourth-order valence-electron chi connectivity index (χ4n) is 3.00. The molecule has 3 rings (SSSR count). The van der Waals surface area contributed by atoms with Gasteiger partial charge in [-0.2, -0.15) is 13.6 Å². The molecule has 1 saturated heterocycles. The van der Waals surface area contributed by atoms with Crippen molar-refractivity contribution in [3.8, 4) is 0 Å². The smallest absolute Gasteiger partial charge is 0.387 e. The first-order chi connectivity index (χ1) is 15.0. The number of nitrogens with zero attached hydrogens (tertiary/aromatic N) is 3. The highest BCUT2D eigenvalue weighted by Crippen LogP contribution is 2.66. The molecule has 0 spiro atoms. The number of hydrogen-bond donors (Lipinski definition) is 8. The van der Waals surface area contributed by atoms with Crippen LogP contribution < -0.4 is 11.3 Å². The summed E-state index contributed by atoms with van der Waals surface area (Å²) in [6, 6.07) is 0. The molecular weight excluding hydrogens is 519 g/mol. The van der Waals surface area contributed by atoms with E-state index < -0.39 is 59.7 Å². The summed E-state index contributed by atoms with van der Waals surface area (Å²) in [7, 11) is -16.9. The maximum Gasteiger partial charge on any atom is 0.490 e. The molecule has 3 unspecified atom stereocenters. The van der Waals surface area contributed by atoms with E-state index in [1.54, 1.807) is 0 Å². The van der Waals surface area contributed by atoms with E-state index in [9.17, 15) is 38.5 Å². The molecule has 0 amide bonds. The van der Waals surface area contributed by atoms with Crippen LogP contribution in [0.5, 0.6) is 0 Å². The molecular formula is C11H18N5O14P3. The Kier molecular flexibility index (Phi) is 7.03. The minimum atomic E-state index is -5.76. The number of aromatic amines is 1. The molecule has 9 N–H and O–H groups in total. The van der Waals surface area contributed by atoms with Crippen LogP contribution in [-0.4, -0.2) is 73.7 Å². The Morgan fingerprint density at radius 3 is 2.39 bits per heavy atom. The molecule has 2 aromatic heterocycles. The molecule has 1 aliphatic heterocycles. The van der Waals surface area contributed by atoms with Crippen molar-refractivity contribution in [2.24, 2.45) is 0 Å². The van der Waals surface area contributed by atoms with Crippen molar-refractivity contribution in [2.75, 3.05) is 5.73 Å². The van der Waals surface area contributed by atoms with Gasteiger partial charge in [-0.15, -0.1) is 0 Å². The van der Waals surface area contributed by atoms with E-state index in [1.807, 2.05) is 0 Å². The second kappa shape index (κ2) is 8.90. The number of H-pyrrole nitrogens is 1. The van der Waals surface area contributed by atoms with E-state index in [1.165, 1.54) is 0 Å². The zero-order valence-corrected chi connectivity index (χ0v) is 18.9. The summed E-state index contributed by atoms with van der Waals surface area (Å²) in [6.45, 7) is 1.05. The Bertz CT molecular complexity index is 1240. The van der Waals surface area contributed by atoms with Crippen LogP contribution >= 0.6 is 23.5 Å². The molecule has 33 heavy (non-hydrogen) atoms. The Hall–Kier alpha value is -1.56. The normalized spacial score (nSPS) is 28.5. The van der Waals surface area contributed by atoms with Crippen LogP contribution in [0.4, 0.5) is 5.95 Å². The first-order valence-corrected chi connectivity index (χ1v) is 13.1. The van der Waals surface area contributed by atoms with Crippen molar-refractivity contribution in [3.05, 3.63) is 16.7 Å². The van der Waals surface area contributed by atoms with Crippen molar-refractivity contribution in [1.82, 2.24) is 19.5 Å². The van der Waals surface area contributed by atoms with Gasteiger partial charge in [-0.1, -0.05) is 0 Å². The molecule has 0 aromatic carbocycles. The number of hydrogen-bond acceptors (Lipinski definition) is 13. The highest BCUT2D eigenvalue weighted by atomic mass is 31.3. The fraction of sp³-hybridized carbons (Fsp3) is 0.545. The molecule has 1 aliphatic rings. The molecule has 22 heteroatoms. The van der Waals surface area contributed by atoms with Crippen molar-refractivity contribution < 1.29 is 61.4 Å². The fourth-order valence-corrected chi connectivity index (χ4v) is 6.20. The lowest BCUT2D eigenvalue weighted by Crippen LogP contribution is -2.38. The summed E-state index contributed by atoms with van der Waals surface area (Å²) in [4.78, 5) is 57.7. The van der Waals surface area contributed by atoms with Crippen molar-refractivity contribution in [3.63, 3.8) is 0 Å².